The fourth-order valence-electron chi connectivity index (χ4n) is 4.60. The zero-order chi connectivity index (χ0) is 21.7. The minimum absolute atomic E-state index is 0.229. The van der Waals surface area contributed by atoms with Crippen LogP contribution in [0.5, 0.6) is 0 Å². The van der Waals surface area contributed by atoms with Gasteiger partial charge in [-0.05, 0) is 42.3 Å². The lowest BCUT2D eigenvalue weighted by Gasteiger charge is -2.28. The summed E-state index contributed by atoms with van der Waals surface area (Å²) >= 11 is 0. The molecule has 2 aliphatic heterocycles. The average molecular weight is 426 g/mol. The summed E-state index contributed by atoms with van der Waals surface area (Å²) in [5.74, 6) is 1.03. The first kappa shape index (κ1) is 18.9. The number of hydrogen-bond acceptors (Lipinski definition) is 7. The van der Waals surface area contributed by atoms with Crippen LogP contribution in [0.1, 0.15) is 16.8 Å². The maximum atomic E-state index is 12.9. The second-order valence-electron chi connectivity index (χ2n) is 8.41. The number of nitrogens with zero attached hydrogens (tertiary/aromatic N) is 6. The number of benzene rings is 1. The Bertz CT molecular complexity index is 1330. The van der Waals surface area contributed by atoms with E-state index in [4.69, 9.17) is 0 Å². The van der Waals surface area contributed by atoms with Crippen LogP contribution in [0.25, 0.3) is 22.0 Å². The van der Waals surface area contributed by atoms with E-state index in [2.05, 4.69) is 35.8 Å². The Morgan fingerprint density at radius 2 is 2.09 bits per heavy atom. The number of piperazine rings is 1. The normalized spacial score (nSPS) is 19.6. The molecule has 2 fully saturated rings. The third-order valence-corrected chi connectivity index (χ3v) is 6.22. The van der Waals surface area contributed by atoms with Crippen molar-refractivity contribution in [2.24, 2.45) is 7.05 Å². The van der Waals surface area contributed by atoms with Crippen molar-refractivity contribution in [2.75, 3.05) is 23.3 Å². The summed E-state index contributed by atoms with van der Waals surface area (Å²) in [7, 11) is 1.89. The highest BCUT2D eigenvalue weighted by Gasteiger charge is 2.38. The van der Waals surface area contributed by atoms with E-state index >= 15 is 0 Å². The van der Waals surface area contributed by atoms with Gasteiger partial charge in [0.05, 0.1) is 11.7 Å². The van der Waals surface area contributed by atoms with Crippen LogP contribution in [0.4, 0.5) is 11.6 Å². The molecule has 1 aromatic carbocycles. The van der Waals surface area contributed by atoms with Gasteiger partial charge in [-0.15, -0.1) is 10.2 Å². The predicted molar refractivity (Wildman–Crippen MR) is 121 cm³/mol. The quantitative estimate of drug-likeness (QED) is 0.516. The lowest BCUT2D eigenvalue weighted by Crippen LogP contribution is -2.44. The van der Waals surface area contributed by atoms with Gasteiger partial charge in [0.1, 0.15) is 5.82 Å². The number of amides is 1. The van der Waals surface area contributed by atoms with Gasteiger partial charge in [-0.2, -0.15) is 5.10 Å². The number of carbonyl (C=O) groups excluding carboxylic acids is 1. The van der Waals surface area contributed by atoms with E-state index in [-0.39, 0.29) is 5.91 Å². The van der Waals surface area contributed by atoms with E-state index in [1.165, 1.54) is 0 Å². The second kappa shape index (κ2) is 7.38. The van der Waals surface area contributed by atoms with Crippen molar-refractivity contribution >= 4 is 28.4 Å². The van der Waals surface area contributed by atoms with E-state index in [0.29, 0.717) is 23.5 Å². The highest BCUT2D eigenvalue weighted by Crippen LogP contribution is 2.28. The molecule has 2 bridgehead atoms. The molecule has 2 saturated heterocycles. The zero-order valence-corrected chi connectivity index (χ0v) is 17.6. The number of aryl methyl sites for hydroxylation is 1. The number of pyridine rings is 1. The van der Waals surface area contributed by atoms with Gasteiger partial charge in [0.15, 0.2) is 5.82 Å². The topological polar surface area (TPSA) is 101 Å². The SMILES string of the molecule is Cn1cc(-c2ccc3nnc(NC(=O)c4ccnc(N5CC6CC5CN6)c4)cc3c2)cn1. The Kier molecular flexibility index (Phi) is 4.36. The molecule has 2 aliphatic rings. The Hall–Kier alpha value is -3.85. The molecule has 0 radical (unpaired) electrons. The summed E-state index contributed by atoms with van der Waals surface area (Å²) in [6.07, 6.45) is 6.60. The smallest absolute Gasteiger partial charge is 0.257 e. The summed E-state index contributed by atoms with van der Waals surface area (Å²) < 4.78 is 1.77. The standard InChI is InChI=1S/C23H22N8O/c1-30-12-17(10-26-30)14-2-3-20-16(6-14)7-21(29-28-20)27-23(32)15-4-5-24-22(8-15)31-13-18-9-19(31)11-25-18/h2-8,10,12,18-19,25H,9,11,13H2,1H3,(H,27,29,32). The van der Waals surface area contributed by atoms with Gasteiger partial charge in [-0.3, -0.25) is 9.48 Å². The Morgan fingerprint density at radius 1 is 1.16 bits per heavy atom. The lowest BCUT2D eigenvalue weighted by atomic mass is 10.1. The molecule has 5 heterocycles. The van der Waals surface area contributed by atoms with Crippen LogP contribution < -0.4 is 15.5 Å². The molecule has 2 atom stereocenters. The van der Waals surface area contributed by atoms with Crippen molar-refractivity contribution < 1.29 is 4.79 Å². The van der Waals surface area contributed by atoms with Crippen LogP contribution in [-0.4, -0.2) is 56.0 Å². The zero-order valence-electron chi connectivity index (χ0n) is 17.6. The number of carbonyl (C=O) groups is 1. The van der Waals surface area contributed by atoms with Gasteiger partial charge >= 0.3 is 0 Å². The van der Waals surface area contributed by atoms with Gasteiger partial charge in [0.2, 0.25) is 0 Å². The fraction of sp³-hybridized carbons (Fsp3) is 0.261. The molecule has 4 aromatic rings. The molecule has 0 saturated carbocycles. The number of anilines is 2. The third kappa shape index (κ3) is 3.36. The molecule has 3 aromatic heterocycles. The van der Waals surface area contributed by atoms with Crippen LogP contribution in [0.2, 0.25) is 0 Å². The van der Waals surface area contributed by atoms with E-state index in [1.807, 2.05) is 49.8 Å². The summed E-state index contributed by atoms with van der Waals surface area (Å²) in [5.41, 5.74) is 3.37. The Balaban J connectivity index is 1.24. The Morgan fingerprint density at radius 3 is 2.88 bits per heavy atom. The van der Waals surface area contributed by atoms with Gasteiger partial charge in [-0.25, -0.2) is 4.98 Å². The molecular formula is C23H22N8O. The molecule has 0 spiro atoms. The monoisotopic (exact) mass is 426 g/mol. The number of aromatic nitrogens is 5. The molecule has 9 heteroatoms. The van der Waals surface area contributed by atoms with Crippen molar-refractivity contribution in [3.05, 3.63) is 60.6 Å². The number of fused-ring (bicyclic) bond motifs is 3. The number of nitrogens with one attached hydrogen (secondary N) is 2. The van der Waals surface area contributed by atoms with Crippen molar-refractivity contribution in [1.29, 1.82) is 0 Å². The van der Waals surface area contributed by atoms with Gasteiger partial charge in [0, 0.05) is 61.1 Å². The van der Waals surface area contributed by atoms with E-state index in [1.54, 1.807) is 16.9 Å². The molecular weight excluding hydrogens is 404 g/mol. The number of hydrogen-bond donors (Lipinski definition) is 2. The predicted octanol–water partition coefficient (Wildman–Crippen LogP) is 2.23. The van der Waals surface area contributed by atoms with Crippen molar-refractivity contribution in [3.63, 3.8) is 0 Å². The fourth-order valence-corrected chi connectivity index (χ4v) is 4.60. The highest BCUT2D eigenvalue weighted by molar-refractivity contribution is 6.04. The second-order valence-corrected chi connectivity index (χ2v) is 8.41. The average Bonchev–Trinajstić information content (AvgIpc) is 3.56. The Labute approximate surface area is 184 Å². The van der Waals surface area contributed by atoms with E-state index in [9.17, 15) is 4.79 Å². The molecule has 2 N–H and O–H groups in total. The van der Waals surface area contributed by atoms with Crippen molar-refractivity contribution in [2.45, 2.75) is 18.5 Å². The molecule has 0 aliphatic carbocycles. The largest absolute Gasteiger partial charge is 0.351 e. The minimum Gasteiger partial charge on any atom is -0.351 e. The third-order valence-electron chi connectivity index (χ3n) is 6.22. The maximum absolute atomic E-state index is 12.9. The van der Waals surface area contributed by atoms with Crippen LogP contribution in [0.3, 0.4) is 0 Å². The molecule has 9 nitrogen and oxygen atoms in total. The maximum Gasteiger partial charge on any atom is 0.257 e. The van der Waals surface area contributed by atoms with Crippen molar-refractivity contribution in [1.82, 2.24) is 30.3 Å². The van der Waals surface area contributed by atoms with Crippen molar-refractivity contribution in [3.8, 4) is 11.1 Å². The minimum atomic E-state index is -0.229. The van der Waals surface area contributed by atoms with Gasteiger partial charge in [0.25, 0.3) is 5.91 Å². The van der Waals surface area contributed by atoms with Gasteiger partial charge in [-0.1, -0.05) is 6.07 Å². The first-order valence-electron chi connectivity index (χ1n) is 10.7. The van der Waals surface area contributed by atoms with E-state index < -0.39 is 0 Å². The van der Waals surface area contributed by atoms with Crippen LogP contribution in [0.15, 0.2) is 55.0 Å². The summed E-state index contributed by atoms with van der Waals surface area (Å²) in [4.78, 5) is 19.7. The summed E-state index contributed by atoms with van der Waals surface area (Å²) in [6.45, 7) is 1.90. The molecule has 1 amide bonds. The number of rotatable bonds is 4. The summed E-state index contributed by atoms with van der Waals surface area (Å²) in [5, 5.41) is 19.9. The lowest BCUT2D eigenvalue weighted by molar-refractivity contribution is 0.102. The molecule has 160 valence electrons. The molecule has 32 heavy (non-hydrogen) atoms. The van der Waals surface area contributed by atoms with Gasteiger partial charge < -0.3 is 15.5 Å². The molecule has 2 unspecified atom stereocenters. The van der Waals surface area contributed by atoms with Crippen LogP contribution in [0, 0.1) is 0 Å². The van der Waals surface area contributed by atoms with Crippen LogP contribution >= 0.6 is 0 Å². The van der Waals surface area contributed by atoms with E-state index in [0.717, 1.165) is 47.4 Å². The first-order chi connectivity index (χ1) is 15.6. The summed E-state index contributed by atoms with van der Waals surface area (Å²) in [6, 6.07) is 12.3. The highest BCUT2D eigenvalue weighted by atomic mass is 16.1. The van der Waals surface area contributed by atoms with Crippen LogP contribution in [-0.2, 0) is 7.05 Å². The molecule has 6 rings (SSSR count). The first-order valence-corrected chi connectivity index (χ1v) is 10.7.